The zero-order valence-corrected chi connectivity index (χ0v) is 8.60. The van der Waals surface area contributed by atoms with Gasteiger partial charge in [-0.2, -0.15) is 0 Å². The van der Waals surface area contributed by atoms with Crippen LogP contribution in [0.15, 0.2) is 18.2 Å². The van der Waals surface area contributed by atoms with Crippen LogP contribution >= 0.6 is 11.6 Å². The Bertz CT molecular complexity index is 406. The third kappa shape index (κ3) is 3.39. The Balaban J connectivity index is 3.04. The van der Waals surface area contributed by atoms with Gasteiger partial charge >= 0.3 is 6.36 Å². The molecule has 0 heterocycles. The van der Waals surface area contributed by atoms with Crippen molar-refractivity contribution in [3.05, 3.63) is 28.8 Å². The van der Waals surface area contributed by atoms with Crippen LogP contribution in [0.3, 0.4) is 0 Å². The monoisotopic (exact) mass is 253 g/mol. The molecule has 0 bridgehead atoms. The third-order valence-electron chi connectivity index (χ3n) is 1.66. The molecule has 0 atom stereocenters. The summed E-state index contributed by atoms with van der Waals surface area (Å²) in [6, 6.07) is 3.33. The van der Waals surface area contributed by atoms with Crippen molar-refractivity contribution in [1.82, 2.24) is 0 Å². The minimum Gasteiger partial charge on any atom is -0.404 e. The Hall–Kier alpha value is -1.27. The molecule has 7 heteroatoms. The second-order valence-electron chi connectivity index (χ2n) is 2.82. The second-order valence-corrected chi connectivity index (χ2v) is 3.23. The normalized spacial score (nSPS) is 11.3. The lowest BCUT2D eigenvalue weighted by Crippen LogP contribution is -2.18. The van der Waals surface area contributed by atoms with Crippen LogP contribution in [0.4, 0.5) is 13.2 Å². The van der Waals surface area contributed by atoms with Gasteiger partial charge in [0.2, 0.25) is 0 Å². The molecule has 0 aromatic heterocycles. The average molecular weight is 254 g/mol. The molecule has 2 N–H and O–H groups in total. The topological polar surface area (TPSA) is 52.3 Å². The van der Waals surface area contributed by atoms with E-state index in [0.29, 0.717) is 0 Å². The van der Waals surface area contributed by atoms with Gasteiger partial charge in [-0.25, -0.2) is 0 Å². The van der Waals surface area contributed by atoms with Crippen LogP contribution in [-0.4, -0.2) is 18.7 Å². The average Bonchev–Trinajstić information content (AvgIpc) is 2.18. The standard InChI is InChI=1S/C9H7ClF3NO2/c10-6-2-1-5(7(15)4-14)3-8(6)16-9(11,12)13/h1-3H,4,14H2. The minimum atomic E-state index is -4.85. The summed E-state index contributed by atoms with van der Waals surface area (Å²) in [5.41, 5.74) is 5.09. The molecule has 0 radical (unpaired) electrons. The lowest BCUT2D eigenvalue weighted by Gasteiger charge is -2.11. The number of hydrogen-bond acceptors (Lipinski definition) is 3. The summed E-state index contributed by atoms with van der Waals surface area (Å²) in [6.45, 7) is -0.299. The van der Waals surface area contributed by atoms with Gasteiger partial charge in [-0.05, 0) is 18.2 Å². The first-order valence-corrected chi connectivity index (χ1v) is 4.50. The Labute approximate surface area is 93.9 Å². The summed E-state index contributed by atoms with van der Waals surface area (Å²) in [5, 5.41) is -0.231. The van der Waals surface area contributed by atoms with E-state index in [0.717, 1.165) is 12.1 Å². The first-order chi connectivity index (χ1) is 7.33. The van der Waals surface area contributed by atoms with Gasteiger partial charge in [0.15, 0.2) is 5.78 Å². The summed E-state index contributed by atoms with van der Waals surface area (Å²) in [4.78, 5) is 11.1. The van der Waals surface area contributed by atoms with E-state index in [-0.39, 0.29) is 17.1 Å². The van der Waals surface area contributed by atoms with E-state index in [2.05, 4.69) is 4.74 Å². The van der Waals surface area contributed by atoms with E-state index in [9.17, 15) is 18.0 Å². The Morgan fingerprint density at radius 1 is 1.44 bits per heavy atom. The molecule has 0 aliphatic carbocycles. The Morgan fingerprint density at radius 3 is 2.56 bits per heavy atom. The summed E-state index contributed by atoms with van der Waals surface area (Å²) in [7, 11) is 0. The predicted molar refractivity (Wildman–Crippen MR) is 51.5 cm³/mol. The molecule has 1 aromatic rings. The van der Waals surface area contributed by atoms with Crippen LogP contribution in [0.2, 0.25) is 5.02 Å². The molecule has 1 aromatic carbocycles. The fourth-order valence-electron chi connectivity index (χ4n) is 0.998. The number of carbonyl (C=O) groups excluding carboxylic acids is 1. The quantitative estimate of drug-likeness (QED) is 0.842. The fraction of sp³-hybridized carbons (Fsp3) is 0.222. The molecule has 0 fully saturated rings. The lowest BCUT2D eigenvalue weighted by molar-refractivity contribution is -0.274. The fourth-order valence-corrected chi connectivity index (χ4v) is 1.15. The van der Waals surface area contributed by atoms with Crippen LogP contribution in [-0.2, 0) is 0 Å². The van der Waals surface area contributed by atoms with Crippen molar-refractivity contribution in [3.63, 3.8) is 0 Å². The molecule has 0 spiro atoms. The molecule has 16 heavy (non-hydrogen) atoms. The Morgan fingerprint density at radius 2 is 2.06 bits per heavy atom. The maximum absolute atomic E-state index is 11.9. The van der Waals surface area contributed by atoms with Crippen molar-refractivity contribution in [2.45, 2.75) is 6.36 Å². The highest BCUT2D eigenvalue weighted by atomic mass is 35.5. The number of alkyl halides is 3. The number of halogens is 4. The molecule has 0 saturated heterocycles. The zero-order chi connectivity index (χ0) is 12.3. The smallest absolute Gasteiger partial charge is 0.404 e. The first kappa shape index (κ1) is 12.8. The number of ketones is 1. The molecule has 1 rings (SSSR count). The van der Waals surface area contributed by atoms with Crippen molar-refractivity contribution in [1.29, 1.82) is 0 Å². The van der Waals surface area contributed by atoms with Crippen molar-refractivity contribution in [2.24, 2.45) is 5.73 Å². The highest BCUT2D eigenvalue weighted by molar-refractivity contribution is 6.32. The van der Waals surface area contributed by atoms with E-state index < -0.39 is 17.9 Å². The second kappa shape index (κ2) is 4.71. The number of benzene rings is 1. The third-order valence-corrected chi connectivity index (χ3v) is 1.98. The summed E-state index contributed by atoms with van der Waals surface area (Å²) >= 11 is 5.48. The maximum atomic E-state index is 11.9. The van der Waals surface area contributed by atoms with Crippen molar-refractivity contribution < 1.29 is 22.7 Å². The summed E-state index contributed by atoms with van der Waals surface area (Å²) < 4.78 is 39.5. The SMILES string of the molecule is NCC(=O)c1ccc(Cl)c(OC(F)(F)F)c1. The largest absolute Gasteiger partial charge is 0.573 e. The van der Waals surface area contributed by atoms with Crippen LogP contribution in [0.5, 0.6) is 5.75 Å². The summed E-state index contributed by atoms with van der Waals surface area (Å²) in [6.07, 6.45) is -4.85. The first-order valence-electron chi connectivity index (χ1n) is 4.12. The molecule has 3 nitrogen and oxygen atoms in total. The molecule has 0 saturated carbocycles. The lowest BCUT2D eigenvalue weighted by atomic mass is 10.1. The van der Waals surface area contributed by atoms with Crippen LogP contribution in [0.1, 0.15) is 10.4 Å². The van der Waals surface area contributed by atoms with Crippen LogP contribution in [0.25, 0.3) is 0 Å². The van der Waals surface area contributed by atoms with Gasteiger partial charge in [-0.15, -0.1) is 13.2 Å². The van der Waals surface area contributed by atoms with Crippen molar-refractivity contribution in [2.75, 3.05) is 6.54 Å². The molecular weight excluding hydrogens is 247 g/mol. The van der Waals surface area contributed by atoms with Gasteiger partial charge in [0.25, 0.3) is 0 Å². The van der Waals surface area contributed by atoms with Gasteiger partial charge in [-0.3, -0.25) is 4.79 Å². The molecule has 88 valence electrons. The van der Waals surface area contributed by atoms with E-state index in [1.807, 2.05) is 0 Å². The molecule has 0 aliphatic heterocycles. The van der Waals surface area contributed by atoms with Gasteiger partial charge in [0, 0.05) is 5.56 Å². The Kier molecular flexibility index (Phi) is 3.77. The highest BCUT2D eigenvalue weighted by Gasteiger charge is 2.32. The number of rotatable bonds is 3. The molecule has 0 amide bonds. The molecular formula is C9H7ClF3NO2. The number of nitrogens with two attached hydrogens (primary N) is 1. The van der Waals surface area contributed by atoms with Crippen molar-refractivity contribution >= 4 is 17.4 Å². The summed E-state index contributed by atoms with van der Waals surface area (Å²) in [5.74, 6) is -1.11. The van der Waals surface area contributed by atoms with Crippen LogP contribution < -0.4 is 10.5 Å². The number of ether oxygens (including phenoxy) is 1. The predicted octanol–water partition coefficient (Wildman–Crippen LogP) is 2.38. The number of hydrogen-bond donors (Lipinski definition) is 1. The van der Waals surface area contributed by atoms with E-state index in [4.69, 9.17) is 17.3 Å². The highest BCUT2D eigenvalue weighted by Crippen LogP contribution is 2.30. The number of Topliss-reactive ketones (excluding diaryl/α,β-unsaturated/α-hetero) is 1. The zero-order valence-electron chi connectivity index (χ0n) is 7.84. The van der Waals surface area contributed by atoms with E-state index >= 15 is 0 Å². The van der Waals surface area contributed by atoms with Crippen molar-refractivity contribution in [3.8, 4) is 5.75 Å². The van der Waals surface area contributed by atoms with Crippen LogP contribution in [0, 0.1) is 0 Å². The van der Waals surface area contributed by atoms with Gasteiger partial charge in [-0.1, -0.05) is 11.6 Å². The molecule has 0 unspecified atom stereocenters. The van der Waals surface area contributed by atoms with Gasteiger partial charge in [0.1, 0.15) is 5.75 Å². The van der Waals surface area contributed by atoms with Gasteiger partial charge < -0.3 is 10.5 Å². The van der Waals surface area contributed by atoms with E-state index in [1.165, 1.54) is 6.07 Å². The minimum absolute atomic E-state index is 0.0196. The van der Waals surface area contributed by atoms with Gasteiger partial charge in [0.05, 0.1) is 11.6 Å². The number of carbonyl (C=O) groups is 1. The maximum Gasteiger partial charge on any atom is 0.573 e. The molecule has 0 aliphatic rings. The van der Waals surface area contributed by atoms with E-state index in [1.54, 1.807) is 0 Å².